The quantitative estimate of drug-likeness (QED) is 0.555. The molecule has 0 saturated carbocycles. The van der Waals surface area contributed by atoms with Gasteiger partial charge in [-0.25, -0.2) is 0 Å². The molecule has 1 aromatic rings. The summed E-state index contributed by atoms with van der Waals surface area (Å²) in [5, 5.41) is 0. The van der Waals surface area contributed by atoms with Crippen molar-refractivity contribution in [2.75, 3.05) is 6.61 Å². The average molecular weight is 338 g/mol. The highest BCUT2D eigenvalue weighted by atomic mass is 16.5. The Morgan fingerprint density at radius 1 is 1.32 bits per heavy atom. The number of ether oxygens (including phenoxy) is 1. The van der Waals surface area contributed by atoms with Gasteiger partial charge in [-0.1, -0.05) is 62.4 Å². The molecular formula is C23H30O2. The van der Waals surface area contributed by atoms with Crippen molar-refractivity contribution >= 4 is 5.78 Å². The zero-order chi connectivity index (χ0) is 18.4. The SMILES string of the molecule is C=C(COc1ccccc1C(C)CC)CC1C=CC(C)=CC1C(C)=O. The van der Waals surface area contributed by atoms with Crippen LogP contribution in [0.5, 0.6) is 5.75 Å². The predicted octanol–water partition coefficient (Wildman–Crippen LogP) is 5.86. The normalized spacial score (nSPS) is 20.7. The van der Waals surface area contributed by atoms with E-state index in [4.69, 9.17) is 4.74 Å². The van der Waals surface area contributed by atoms with Crippen LogP contribution in [-0.4, -0.2) is 12.4 Å². The third-order valence-electron chi connectivity index (χ3n) is 5.00. The zero-order valence-corrected chi connectivity index (χ0v) is 15.9. The molecule has 3 unspecified atom stereocenters. The Hall–Kier alpha value is -2.09. The Morgan fingerprint density at radius 2 is 2.04 bits per heavy atom. The molecule has 0 bridgehead atoms. The summed E-state index contributed by atoms with van der Waals surface area (Å²) in [5.41, 5.74) is 3.42. The first-order valence-electron chi connectivity index (χ1n) is 9.17. The number of Topliss-reactive ketones (excluding diaryl/α,β-unsaturated/α-hetero) is 1. The minimum absolute atomic E-state index is 0.0471. The lowest BCUT2D eigenvalue weighted by Crippen LogP contribution is -2.22. The van der Waals surface area contributed by atoms with Gasteiger partial charge < -0.3 is 4.74 Å². The van der Waals surface area contributed by atoms with E-state index in [1.165, 1.54) is 5.56 Å². The third-order valence-corrected chi connectivity index (χ3v) is 5.00. The first-order valence-corrected chi connectivity index (χ1v) is 9.17. The van der Waals surface area contributed by atoms with Crippen molar-refractivity contribution < 1.29 is 9.53 Å². The van der Waals surface area contributed by atoms with Crippen LogP contribution < -0.4 is 4.74 Å². The fourth-order valence-corrected chi connectivity index (χ4v) is 3.28. The highest BCUT2D eigenvalue weighted by Gasteiger charge is 2.24. The number of carbonyl (C=O) groups is 1. The van der Waals surface area contributed by atoms with Crippen molar-refractivity contribution in [2.45, 2.75) is 46.5 Å². The summed E-state index contributed by atoms with van der Waals surface area (Å²) < 4.78 is 6.06. The van der Waals surface area contributed by atoms with Crippen LogP contribution in [-0.2, 0) is 4.79 Å². The minimum Gasteiger partial charge on any atom is -0.489 e. The van der Waals surface area contributed by atoms with Crippen molar-refractivity contribution in [3.05, 3.63) is 65.8 Å². The van der Waals surface area contributed by atoms with Gasteiger partial charge in [-0.3, -0.25) is 4.79 Å². The van der Waals surface area contributed by atoms with Crippen LogP contribution in [0, 0.1) is 11.8 Å². The van der Waals surface area contributed by atoms with Gasteiger partial charge in [0.1, 0.15) is 18.1 Å². The molecule has 25 heavy (non-hydrogen) atoms. The van der Waals surface area contributed by atoms with Gasteiger partial charge in [0, 0.05) is 5.92 Å². The second kappa shape index (κ2) is 8.84. The summed E-state index contributed by atoms with van der Waals surface area (Å²) in [6.07, 6.45) is 8.16. The topological polar surface area (TPSA) is 26.3 Å². The van der Waals surface area contributed by atoms with Crippen LogP contribution in [0.4, 0.5) is 0 Å². The highest BCUT2D eigenvalue weighted by Crippen LogP contribution is 2.31. The molecule has 0 spiro atoms. The molecule has 0 radical (unpaired) electrons. The Kier molecular flexibility index (Phi) is 6.81. The molecule has 134 valence electrons. The second-order valence-corrected chi connectivity index (χ2v) is 7.16. The zero-order valence-electron chi connectivity index (χ0n) is 15.9. The second-order valence-electron chi connectivity index (χ2n) is 7.16. The number of hydrogen-bond acceptors (Lipinski definition) is 2. The molecule has 0 amide bonds. The van der Waals surface area contributed by atoms with Crippen molar-refractivity contribution in [3.63, 3.8) is 0 Å². The lowest BCUT2D eigenvalue weighted by Gasteiger charge is -2.24. The number of ketones is 1. The lowest BCUT2D eigenvalue weighted by atomic mass is 9.80. The highest BCUT2D eigenvalue weighted by molar-refractivity contribution is 5.81. The summed E-state index contributed by atoms with van der Waals surface area (Å²) in [6, 6.07) is 8.23. The number of rotatable bonds is 8. The van der Waals surface area contributed by atoms with Crippen LogP contribution in [0.1, 0.15) is 52.0 Å². The van der Waals surface area contributed by atoms with Gasteiger partial charge in [0.2, 0.25) is 0 Å². The average Bonchev–Trinajstić information content (AvgIpc) is 2.61. The van der Waals surface area contributed by atoms with Crippen LogP contribution in [0.15, 0.2) is 60.2 Å². The molecule has 2 nitrogen and oxygen atoms in total. The lowest BCUT2D eigenvalue weighted by molar-refractivity contribution is -0.120. The van der Waals surface area contributed by atoms with Gasteiger partial charge >= 0.3 is 0 Å². The summed E-state index contributed by atoms with van der Waals surface area (Å²) in [4.78, 5) is 11.9. The van der Waals surface area contributed by atoms with Gasteiger partial charge in [0.05, 0.1) is 0 Å². The number of hydrogen-bond donors (Lipinski definition) is 0. The number of benzene rings is 1. The molecule has 1 aliphatic rings. The molecule has 0 N–H and O–H groups in total. The summed E-state index contributed by atoms with van der Waals surface area (Å²) in [6.45, 7) is 12.8. The van der Waals surface area contributed by atoms with E-state index in [0.29, 0.717) is 12.5 Å². The molecule has 3 atom stereocenters. The maximum Gasteiger partial charge on any atom is 0.137 e. The number of allylic oxidation sites excluding steroid dienone is 4. The molecule has 0 aliphatic heterocycles. The molecule has 2 heteroatoms. The van der Waals surface area contributed by atoms with E-state index in [9.17, 15) is 4.79 Å². The maximum absolute atomic E-state index is 11.9. The van der Waals surface area contributed by atoms with E-state index in [0.717, 1.165) is 29.7 Å². The largest absolute Gasteiger partial charge is 0.489 e. The first-order chi connectivity index (χ1) is 11.9. The van der Waals surface area contributed by atoms with E-state index in [1.807, 2.05) is 19.1 Å². The van der Waals surface area contributed by atoms with Crippen molar-refractivity contribution in [3.8, 4) is 5.75 Å². The Labute approximate surface area is 152 Å². The van der Waals surface area contributed by atoms with Gasteiger partial charge in [-0.2, -0.15) is 0 Å². The first kappa shape index (κ1) is 19.2. The molecule has 0 saturated heterocycles. The van der Waals surface area contributed by atoms with Crippen LogP contribution in [0.2, 0.25) is 0 Å². The van der Waals surface area contributed by atoms with E-state index in [-0.39, 0.29) is 17.6 Å². The summed E-state index contributed by atoms with van der Waals surface area (Å²) in [7, 11) is 0. The molecule has 0 heterocycles. The van der Waals surface area contributed by atoms with Crippen molar-refractivity contribution in [1.29, 1.82) is 0 Å². The van der Waals surface area contributed by atoms with E-state index in [1.54, 1.807) is 6.92 Å². The number of carbonyl (C=O) groups excluding carboxylic acids is 1. The molecule has 1 aromatic carbocycles. The molecule has 1 aliphatic carbocycles. The Morgan fingerprint density at radius 3 is 2.72 bits per heavy atom. The van der Waals surface area contributed by atoms with Gasteiger partial charge in [-0.05, 0) is 55.7 Å². The van der Waals surface area contributed by atoms with Crippen LogP contribution in [0.3, 0.4) is 0 Å². The molecular weight excluding hydrogens is 308 g/mol. The fraction of sp³-hybridized carbons (Fsp3) is 0.435. The van der Waals surface area contributed by atoms with E-state index in [2.05, 4.69) is 50.8 Å². The van der Waals surface area contributed by atoms with Crippen molar-refractivity contribution in [1.82, 2.24) is 0 Å². The molecule has 2 rings (SSSR count). The monoisotopic (exact) mass is 338 g/mol. The van der Waals surface area contributed by atoms with Gasteiger partial charge in [0.25, 0.3) is 0 Å². The summed E-state index contributed by atoms with van der Waals surface area (Å²) in [5.74, 6) is 1.76. The smallest absolute Gasteiger partial charge is 0.137 e. The van der Waals surface area contributed by atoms with E-state index >= 15 is 0 Å². The van der Waals surface area contributed by atoms with Crippen LogP contribution >= 0.6 is 0 Å². The maximum atomic E-state index is 11.9. The fourth-order valence-electron chi connectivity index (χ4n) is 3.28. The Bertz CT molecular complexity index is 681. The molecule has 0 aromatic heterocycles. The third kappa shape index (κ3) is 5.19. The van der Waals surface area contributed by atoms with Gasteiger partial charge in [-0.15, -0.1) is 0 Å². The van der Waals surface area contributed by atoms with Gasteiger partial charge in [0.15, 0.2) is 0 Å². The summed E-state index contributed by atoms with van der Waals surface area (Å²) >= 11 is 0. The van der Waals surface area contributed by atoms with Crippen LogP contribution in [0.25, 0.3) is 0 Å². The van der Waals surface area contributed by atoms with E-state index < -0.39 is 0 Å². The number of para-hydroxylation sites is 1. The minimum atomic E-state index is -0.0471. The standard InChI is InChI=1S/C23H30O2/c1-6-18(4)21-9-7-8-10-23(21)25-15-17(3)13-20-12-11-16(2)14-22(20)19(5)24/h7-12,14,18,20,22H,3,6,13,15H2,1-2,4-5H3. The predicted molar refractivity (Wildman–Crippen MR) is 105 cm³/mol. The Balaban J connectivity index is 1.98. The molecule has 0 fully saturated rings. The van der Waals surface area contributed by atoms with Crippen molar-refractivity contribution in [2.24, 2.45) is 11.8 Å².